The molecule has 0 aliphatic carbocycles. The lowest BCUT2D eigenvalue weighted by atomic mass is 10.1. The Morgan fingerprint density at radius 3 is 2.88 bits per heavy atom. The maximum Gasteiger partial charge on any atom is 0.259 e. The number of carbonyl (C=O) groups is 1. The van der Waals surface area contributed by atoms with Gasteiger partial charge < -0.3 is 15.2 Å². The molecule has 0 radical (unpaired) electrons. The third-order valence-corrected chi connectivity index (χ3v) is 4.41. The summed E-state index contributed by atoms with van der Waals surface area (Å²) in [6.07, 6.45) is 5.68. The van der Waals surface area contributed by atoms with E-state index in [1.54, 1.807) is 29.2 Å². The standard InChI is InChI=1S/C19H19N3O3/c23-18-9-14-5-2-1-4-13(14)8-17(18)19(24)21-15-10-20-22(11-15)12-16-6-3-7-25-16/h1-2,4-5,8-11,16,23H,3,6-7,12H2,(H,21,24)/t16-/m0/s1. The van der Waals surface area contributed by atoms with Crippen LogP contribution in [0, 0.1) is 0 Å². The number of nitrogens with one attached hydrogen (secondary N) is 1. The third kappa shape index (κ3) is 3.34. The molecular formula is C19H19N3O3. The minimum atomic E-state index is -0.361. The van der Waals surface area contributed by atoms with Crippen molar-refractivity contribution in [1.29, 1.82) is 0 Å². The number of phenolic OH excluding ortho intramolecular Hbond substituents is 1. The number of hydrogen-bond donors (Lipinski definition) is 2. The largest absolute Gasteiger partial charge is 0.507 e. The van der Waals surface area contributed by atoms with Crippen LogP contribution >= 0.6 is 0 Å². The van der Waals surface area contributed by atoms with Crippen LogP contribution in [0.1, 0.15) is 23.2 Å². The van der Waals surface area contributed by atoms with Crippen LogP contribution in [0.5, 0.6) is 5.75 Å². The van der Waals surface area contributed by atoms with Gasteiger partial charge in [0.05, 0.1) is 30.1 Å². The zero-order chi connectivity index (χ0) is 17.2. The summed E-state index contributed by atoms with van der Waals surface area (Å²) in [5.74, 6) is -0.400. The van der Waals surface area contributed by atoms with Gasteiger partial charge >= 0.3 is 0 Å². The molecule has 0 unspecified atom stereocenters. The molecule has 0 bridgehead atoms. The number of carbonyl (C=O) groups excluding carboxylic acids is 1. The number of aromatic hydroxyl groups is 1. The Labute approximate surface area is 145 Å². The first-order valence-corrected chi connectivity index (χ1v) is 8.36. The van der Waals surface area contributed by atoms with Crippen molar-refractivity contribution >= 4 is 22.4 Å². The number of anilines is 1. The van der Waals surface area contributed by atoms with Gasteiger partial charge in [-0.2, -0.15) is 5.10 Å². The van der Waals surface area contributed by atoms with E-state index in [4.69, 9.17) is 4.74 Å². The van der Waals surface area contributed by atoms with Gasteiger partial charge in [-0.05, 0) is 35.7 Å². The molecule has 3 aromatic rings. The number of ether oxygens (including phenoxy) is 1. The minimum Gasteiger partial charge on any atom is -0.507 e. The van der Waals surface area contributed by atoms with E-state index >= 15 is 0 Å². The Balaban J connectivity index is 1.50. The number of nitrogens with zero attached hydrogens (tertiary/aromatic N) is 2. The van der Waals surface area contributed by atoms with E-state index in [0.29, 0.717) is 12.2 Å². The normalized spacial score (nSPS) is 17.0. The molecule has 0 saturated carbocycles. The summed E-state index contributed by atoms with van der Waals surface area (Å²) < 4.78 is 7.36. The van der Waals surface area contributed by atoms with Gasteiger partial charge in [-0.15, -0.1) is 0 Å². The third-order valence-electron chi connectivity index (χ3n) is 4.41. The van der Waals surface area contributed by atoms with Crippen LogP contribution in [-0.4, -0.2) is 33.5 Å². The molecule has 1 aliphatic heterocycles. The topological polar surface area (TPSA) is 76.4 Å². The van der Waals surface area contributed by atoms with Gasteiger partial charge in [-0.1, -0.05) is 24.3 Å². The van der Waals surface area contributed by atoms with Gasteiger partial charge in [-0.3, -0.25) is 9.48 Å². The summed E-state index contributed by atoms with van der Waals surface area (Å²) in [4.78, 5) is 12.5. The fraction of sp³-hybridized carbons (Fsp3) is 0.263. The molecule has 2 N–H and O–H groups in total. The maximum absolute atomic E-state index is 12.5. The van der Waals surface area contributed by atoms with E-state index in [2.05, 4.69) is 10.4 Å². The molecule has 6 nitrogen and oxygen atoms in total. The van der Waals surface area contributed by atoms with Crippen molar-refractivity contribution in [2.24, 2.45) is 0 Å². The lowest BCUT2D eigenvalue weighted by molar-refractivity contribution is 0.0940. The van der Waals surface area contributed by atoms with Crippen molar-refractivity contribution in [3.8, 4) is 5.75 Å². The highest BCUT2D eigenvalue weighted by atomic mass is 16.5. The number of hydrogen-bond acceptors (Lipinski definition) is 4. The molecule has 2 aromatic carbocycles. The van der Waals surface area contributed by atoms with Gasteiger partial charge in [0, 0.05) is 12.8 Å². The minimum absolute atomic E-state index is 0.0389. The first kappa shape index (κ1) is 15.7. The van der Waals surface area contributed by atoms with Gasteiger partial charge in [-0.25, -0.2) is 0 Å². The quantitative estimate of drug-likeness (QED) is 0.767. The number of amides is 1. The van der Waals surface area contributed by atoms with Crippen LogP contribution in [0.25, 0.3) is 10.8 Å². The highest BCUT2D eigenvalue weighted by Crippen LogP contribution is 2.25. The number of benzene rings is 2. The van der Waals surface area contributed by atoms with Gasteiger partial charge in [0.15, 0.2) is 0 Å². The molecule has 2 heterocycles. The fourth-order valence-electron chi connectivity index (χ4n) is 3.13. The Morgan fingerprint density at radius 1 is 1.32 bits per heavy atom. The van der Waals surface area contributed by atoms with Gasteiger partial charge in [0.2, 0.25) is 0 Å². The molecule has 128 valence electrons. The van der Waals surface area contributed by atoms with Gasteiger partial charge in [0.25, 0.3) is 5.91 Å². The smallest absolute Gasteiger partial charge is 0.259 e. The Kier molecular flexibility index (Phi) is 4.11. The molecule has 1 aliphatic rings. The summed E-state index contributed by atoms with van der Waals surface area (Å²) in [5.41, 5.74) is 0.834. The van der Waals surface area contributed by atoms with Crippen LogP contribution in [0.15, 0.2) is 48.8 Å². The van der Waals surface area contributed by atoms with Crippen molar-refractivity contribution in [2.45, 2.75) is 25.5 Å². The van der Waals surface area contributed by atoms with Crippen molar-refractivity contribution in [3.63, 3.8) is 0 Å². The molecule has 1 aromatic heterocycles. The Bertz CT molecular complexity index is 913. The van der Waals surface area contributed by atoms with E-state index in [1.807, 2.05) is 24.3 Å². The van der Waals surface area contributed by atoms with E-state index < -0.39 is 0 Å². The van der Waals surface area contributed by atoms with Crippen LogP contribution < -0.4 is 5.32 Å². The van der Waals surface area contributed by atoms with Crippen LogP contribution in [0.2, 0.25) is 0 Å². The molecule has 0 spiro atoms. The SMILES string of the molecule is O=C(Nc1cnn(C[C@@H]2CCCO2)c1)c1cc2ccccc2cc1O. The molecule has 4 rings (SSSR count). The second kappa shape index (κ2) is 6.57. The van der Waals surface area contributed by atoms with Crippen LogP contribution in [-0.2, 0) is 11.3 Å². The number of aromatic nitrogens is 2. The lowest BCUT2D eigenvalue weighted by Gasteiger charge is -2.09. The average molecular weight is 337 g/mol. The first-order valence-electron chi connectivity index (χ1n) is 8.36. The average Bonchev–Trinajstić information content (AvgIpc) is 3.27. The summed E-state index contributed by atoms with van der Waals surface area (Å²) in [6.45, 7) is 1.48. The molecule has 6 heteroatoms. The van der Waals surface area contributed by atoms with Crippen LogP contribution in [0.4, 0.5) is 5.69 Å². The van der Waals surface area contributed by atoms with Crippen molar-refractivity contribution < 1.29 is 14.6 Å². The maximum atomic E-state index is 12.5. The molecule has 1 fully saturated rings. The first-order chi connectivity index (χ1) is 12.2. The summed E-state index contributed by atoms with van der Waals surface area (Å²) in [5, 5.41) is 19.0. The van der Waals surface area contributed by atoms with Crippen LogP contribution in [0.3, 0.4) is 0 Å². The van der Waals surface area contributed by atoms with E-state index in [0.717, 1.165) is 30.2 Å². The van der Waals surface area contributed by atoms with E-state index in [1.165, 1.54) is 0 Å². The summed E-state index contributed by atoms with van der Waals surface area (Å²) in [7, 11) is 0. The highest BCUT2D eigenvalue weighted by molar-refractivity contribution is 6.08. The second-order valence-corrected chi connectivity index (χ2v) is 6.26. The molecule has 1 atom stereocenters. The predicted octanol–water partition coefficient (Wildman–Crippen LogP) is 3.17. The van der Waals surface area contributed by atoms with Crippen molar-refractivity contribution in [2.75, 3.05) is 11.9 Å². The number of rotatable bonds is 4. The van der Waals surface area contributed by atoms with Crippen molar-refractivity contribution in [3.05, 3.63) is 54.4 Å². The fourth-order valence-corrected chi connectivity index (χ4v) is 3.13. The second-order valence-electron chi connectivity index (χ2n) is 6.26. The molecule has 1 saturated heterocycles. The number of fused-ring (bicyclic) bond motifs is 1. The molecular weight excluding hydrogens is 318 g/mol. The monoisotopic (exact) mass is 337 g/mol. The number of phenols is 1. The summed E-state index contributed by atoms with van der Waals surface area (Å²) in [6, 6.07) is 10.9. The lowest BCUT2D eigenvalue weighted by Crippen LogP contribution is -2.15. The van der Waals surface area contributed by atoms with E-state index in [9.17, 15) is 9.90 Å². The zero-order valence-corrected chi connectivity index (χ0v) is 13.7. The Hall–Kier alpha value is -2.86. The van der Waals surface area contributed by atoms with Gasteiger partial charge in [0.1, 0.15) is 5.75 Å². The van der Waals surface area contributed by atoms with Crippen molar-refractivity contribution in [1.82, 2.24) is 9.78 Å². The molecule has 25 heavy (non-hydrogen) atoms. The predicted molar refractivity (Wildman–Crippen MR) is 94.8 cm³/mol. The van der Waals surface area contributed by atoms with E-state index in [-0.39, 0.29) is 23.3 Å². The Morgan fingerprint density at radius 2 is 2.12 bits per heavy atom. The molecule has 1 amide bonds. The zero-order valence-electron chi connectivity index (χ0n) is 13.7. The summed E-state index contributed by atoms with van der Waals surface area (Å²) >= 11 is 0. The highest BCUT2D eigenvalue weighted by Gasteiger charge is 2.17.